The number of nitrogens with one attached hydrogen (secondary N) is 9. The Balaban J connectivity index is 6.24. The van der Waals surface area contributed by atoms with Crippen LogP contribution in [0, 0.1) is 11.8 Å². The smallest absolute Gasteiger partial charge is 0.326 e. The molecule has 0 rings (SSSR count). The summed E-state index contributed by atoms with van der Waals surface area (Å²) in [6.45, 7) is 11.6. The molecule has 0 aromatic heterocycles. The molecule has 0 bridgehead atoms. The van der Waals surface area contributed by atoms with Gasteiger partial charge in [0.05, 0.1) is 31.1 Å². The van der Waals surface area contributed by atoms with E-state index in [0.29, 0.717) is 6.42 Å². The van der Waals surface area contributed by atoms with E-state index in [2.05, 4.69) is 55.2 Å². The van der Waals surface area contributed by atoms with E-state index >= 15 is 0 Å². The summed E-state index contributed by atoms with van der Waals surface area (Å²) in [5.41, 5.74) is 10.7. The minimum absolute atomic E-state index is 0.0405. The predicted molar refractivity (Wildman–Crippen MR) is 260 cm³/mol. The van der Waals surface area contributed by atoms with E-state index in [-0.39, 0.29) is 30.3 Å². The van der Waals surface area contributed by atoms with E-state index in [1.807, 2.05) is 5.32 Å². The fourth-order valence-corrected chi connectivity index (χ4v) is 6.86. The quantitative estimate of drug-likeness (QED) is 0.0273. The Morgan fingerprint density at radius 2 is 0.944 bits per heavy atom. The molecule has 17 N–H and O–H groups in total. The van der Waals surface area contributed by atoms with Crippen LogP contribution in [-0.4, -0.2) is 182 Å². The molecule has 13 atom stereocenters. The summed E-state index contributed by atoms with van der Waals surface area (Å²) in [5.74, 6) is -13.7. The predicted octanol–water partition coefficient (Wildman–Crippen LogP) is -5.31. The van der Waals surface area contributed by atoms with Crippen LogP contribution in [0.1, 0.15) is 87.5 Å². The van der Waals surface area contributed by atoms with Crippen LogP contribution >= 0.6 is 24.4 Å². The number of rotatable bonds is 33. The number of hydrogen-bond acceptors (Lipinski definition) is 17. The Labute approximate surface area is 421 Å². The van der Waals surface area contributed by atoms with Crippen molar-refractivity contribution in [1.29, 1.82) is 0 Å². The van der Waals surface area contributed by atoms with Crippen molar-refractivity contribution in [2.24, 2.45) is 23.3 Å². The number of carboxylic acids is 2. The van der Waals surface area contributed by atoms with Gasteiger partial charge in [0.15, 0.2) is 0 Å². The van der Waals surface area contributed by atoms with Gasteiger partial charge in [-0.15, -0.1) is 0 Å². The highest BCUT2D eigenvalue weighted by atomic mass is 32.2. The number of carboxylic acid groups (broad SMARTS) is 2. The standard InChI is InChI=1S/C42H73N11O16S2/c1-10-18(4)30(51-38(64)25(13-17(2)3)49-41(67)32(22(8)55)52-35(61)23(43)16-70)39(65)53-31(21(7)54)40(66)46-20(6)33(59)47-24(11-12-71-9)36(62)48-26(15-29(57)58)37(63)45-19(5)34(60)50-27(42(68)69)14-28(44)56/h17-27,30-32,54-55,70H,10-16,43H2,1-9H3,(H2,44,56)(H,45,63)(H,46,66)(H,47,59)(H,48,62)(H,49,67)(H,50,60)(H,51,64)(H,52,61)(H,53,65)(H,57,58)(H,68,69)/t18-,19-,20-,21+,22+,23-,24-,25-,26-,27-,30-,31-,32-/m0/s1. The number of aliphatic carboxylic acids is 2. The molecule has 0 saturated carbocycles. The van der Waals surface area contributed by atoms with E-state index in [9.17, 15) is 78.0 Å². The Hall–Kier alpha value is -5.78. The molecule has 0 heterocycles. The molecule has 0 aliphatic rings. The first-order valence-corrected chi connectivity index (χ1v) is 24.6. The van der Waals surface area contributed by atoms with Gasteiger partial charge in [0.1, 0.15) is 54.4 Å². The fraction of sp³-hybridized carbons (Fsp3) is 0.714. The van der Waals surface area contributed by atoms with Crippen molar-refractivity contribution in [3.05, 3.63) is 0 Å². The van der Waals surface area contributed by atoms with Crippen LogP contribution in [0.25, 0.3) is 0 Å². The summed E-state index contributed by atoms with van der Waals surface area (Å²) in [7, 11) is 0. The van der Waals surface area contributed by atoms with Crippen LogP contribution in [0.3, 0.4) is 0 Å². The minimum Gasteiger partial charge on any atom is -0.481 e. The lowest BCUT2D eigenvalue weighted by Crippen LogP contribution is -2.63. The maximum absolute atomic E-state index is 13.9. The highest BCUT2D eigenvalue weighted by Crippen LogP contribution is 2.13. The number of nitrogens with two attached hydrogens (primary N) is 2. The lowest BCUT2D eigenvalue weighted by atomic mass is 9.96. The minimum atomic E-state index is -1.84. The zero-order valence-corrected chi connectivity index (χ0v) is 42.9. The van der Waals surface area contributed by atoms with Gasteiger partial charge in [0.2, 0.25) is 59.1 Å². The average molecular weight is 1050 g/mol. The second-order valence-corrected chi connectivity index (χ2v) is 18.7. The van der Waals surface area contributed by atoms with Gasteiger partial charge in [-0.05, 0) is 64.4 Å². The van der Waals surface area contributed by atoms with E-state index in [1.165, 1.54) is 25.6 Å². The van der Waals surface area contributed by atoms with E-state index in [1.54, 1.807) is 34.0 Å². The lowest BCUT2D eigenvalue weighted by molar-refractivity contribution is -0.144. The highest BCUT2D eigenvalue weighted by Gasteiger charge is 2.37. The maximum atomic E-state index is 13.9. The fourth-order valence-electron chi connectivity index (χ4n) is 6.22. The SMILES string of the molecule is CC[C@H](C)[C@H](NC(=O)[C@H](CC(C)C)NC(=O)[C@@H](NC(=O)[C@@H](N)CS)[C@@H](C)O)C(=O)N[C@H](C(=O)N[C@@H](C)C(=O)N[C@@H](CCSC)C(=O)N[C@@H](CC(=O)O)C(=O)N[C@@H](C)C(=O)N[C@@H](CC(N)=O)C(=O)O)[C@@H](C)O. The van der Waals surface area contributed by atoms with Gasteiger partial charge in [0.25, 0.3) is 0 Å². The number of carbonyl (C=O) groups is 12. The molecule has 0 radical (unpaired) electrons. The van der Waals surface area contributed by atoms with Gasteiger partial charge in [-0.3, -0.25) is 52.7 Å². The molecule has 0 aromatic rings. The van der Waals surface area contributed by atoms with Crippen LogP contribution in [0.5, 0.6) is 0 Å². The van der Waals surface area contributed by atoms with Gasteiger partial charge in [-0.25, -0.2) is 4.79 Å². The third kappa shape index (κ3) is 23.8. The summed E-state index contributed by atoms with van der Waals surface area (Å²) in [6, 6.07) is -15.1. The number of aliphatic hydroxyl groups is 2. The summed E-state index contributed by atoms with van der Waals surface area (Å²) >= 11 is 5.22. The van der Waals surface area contributed by atoms with Crippen molar-refractivity contribution >= 4 is 95.4 Å². The Bertz CT molecular complexity index is 1890. The van der Waals surface area contributed by atoms with E-state index in [0.717, 1.165) is 13.8 Å². The van der Waals surface area contributed by atoms with Crippen molar-refractivity contribution in [2.75, 3.05) is 17.8 Å². The van der Waals surface area contributed by atoms with E-state index < -0.39 is 162 Å². The second kappa shape index (κ2) is 32.2. The zero-order chi connectivity index (χ0) is 55.0. The number of amides is 10. The molecule has 29 heteroatoms. The van der Waals surface area contributed by atoms with Crippen molar-refractivity contribution in [2.45, 2.75) is 160 Å². The third-order valence-electron chi connectivity index (χ3n) is 10.6. The molecule has 0 spiro atoms. The zero-order valence-electron chi connectivity index (χ0n) is 41.2. The van der Waals surface area contributed by atoms with E-state index in [4.69, 9.17) is 11.5 Å². The van der Waals surface area contributed by atoms with Gasteiger partial charge >= 0.3 is 11.9 Å². The summed E-state index contributed by atoms with van der Waals surface area (Å²) in [5, 5.41) is 60.7. The van der Waals surface area contributed by atoms with Crippen molar-refractivity contribution in [3.8, 4) is 0 Å². The Kier molecular flexibility index (Phi) is 29.6. The van der Waals surface area contributed by atoms with Crippen LogP contribution in [0.4, 0.5) is 0 Å². The molecule has 0 unspecified atom stereocenters. The van der Waals surface area contributed by atoms with Gasteiger partial charge < -0.3 is 79.7 Å². The first-order valence-electron chi connectivity index (χ1n) is 22.6. The molecule has 10 amide bonds. The molecule has 27 nitrogen and oxygen atoms in total. The third-order valence-corrected chi connectivity index (χ3v) is 11.6. The molecular formula is C42H73N11O16S2. The molecule has 0 aliphatic heterocycles. The summed E-state index contributed by atoms with van der Waals surface area (Å²) < 4.78 is 0. The number of hydrogen-bond donors (Lipinski definition) is 16. The molecule has 0 fully saturated rings. The molecule has 0 aromatic carbocycles. The normalized spacial score (nSPS) is 16.6. The number of thiol groups is 1. The number of primary amides is 1. The topological polar surface area (TPSA) is 446 Å². The lowest BCUT2D eigenvalue weighted by Gasteiger charge is -2.30. The maximum Gasteiger partial charge on any atom is 0.326 e. The largest absolute Gasteiger partial charge is 0.481 e. The Morgan fingerprint density at radius 3 is 1.38 bits per heavy atom. The molecule has 0 saturated heterocycles. The molecule has 71 heavy (non-hydrogen) atoms. The van der Waals surface area contributed by atoms with Crippen LogP contribution in [0.2, 0.25) is 0 Å². The summed E-state index contributed by atoms with van der Waals surface area (Å²) in [6.07, 6.45) is -2.87. The summed E-state index contributed by atoms with van der Waals surface area (Å²) in [4.78, 5) is 154. The first kappa shape index (κ1) is 65.2. The van der Waals surface area contributed by atoms with Gasteiger partial charge in [-0.1, -0.05) is 34.1 Å². The van der Waals surface area contributed by atoms with Crippen molar-refractivity contribution < 1.29 is 78.0 Å². The Morgan fingerprint density at radius 1 is 0.535 bits per heavy atom. The molecular weight excluding hydrogens is 979 g/mol. The van der Waals surface area contributed by atoms with Gasteiger partial charge in [-0.2, -0.15) is 24.4 Å². The monoisotopic (exact) mass is 1050 g/mol. The average Bonchev–Trinajstić information content (AvgIpc) is 3.27. The van der Waals surface area contributed by atoms with Crippen LogP contribution < -0.4 is 59.3 Å². The highest BCUT2D eigenvalue weighted by molar-refractivity contribution is 7.98. The first-order chi connectivity index (χ1) is 32.9. The number of aliphatic hydroxyl groups excluding tert-OH is 2. The van der Waals surface area contributed by atoms with Crippen LogP contribution in [-0.2, 0) is 57.5 Å². The second-order valence-electron chi connectivity index (χ2n) is 17.3. The van der Waals surface area contributed by atoms with Crippen molar-refractivity contribution in [3.63, 3.8) is 0 Å². The number of carbonyl (C=O) groups excluding carboxylic acids is 10. The van der Waals surface area contributed by atoms with Gasteiger partial charge in [0, 0.05) is 5.75 Å². The molecule has 0 aliphatic carbocycles. The van der Waals surface area contributed by atoms with Crippen molar-refractivity contribution in [1.82, 2.24) is 47.9 Å². The molecule has 404 valence electrons. The number of thioether (sulfide) groups is 1. The van der Waals surface area contributed by atoms with Crippen LogP contribution in [0.15, 0.2) is 0 Å².